The molecule has 0 radical (unpaired) electrons. The Kier molecular flexibility index (Phi) is 6.53. The van der Waals surface area contributed by atoms with Crippen LogP contribution in [0.3, 0.4) is 0 Å². The van der Waals surface area contributed by atoms with Crippen molar-refractivity contribution in [1.29, 1.82) is 0 Å². The Hall–Kier alpha value is -3.67. The maximum atomic E-state index is 14.3. The molecule has 5 rings (SSSR count). The molecule has 0 bridgehead atoms. The van der Waals surface area contributed by atoms with Crippen molar-refractivity contribution in [2.75, 3.05) is 44.2 Å². The van der Waals surface area contributed by atoms with E-state index >= 15 is 0 Å². The molecule has 2 heterocycles. The fraction of sp³-hybridized carbons (Fsp3) is 0.310. The number of piperazine rings is 1. The smallest absolute Gasteiger partial charge is 0.256 e. The Morgan fingerprint density at radius 3 is 2.14 bits per heavy atom. The highest BCUT2D eigenvalue weighted by molar-refractivity contribution is 5.95. The lowest BCUT2D eigenvalue weighted by Crippen LogP contribution is -2.51. The van der Waals surface area contributed by atoms with Gasteiger partial charge in [-0.1, -0.05) is 60.7 Å². The lowest BCUT2D eigenvalue weighted by Gasteiger charge is -2.38. The summed E-state index contributed by atoms with van der Waals surface area (Å²) in [4.78, 5) is 32.8. The summed E-state index contributed by atoms with van der Waals surface area (Å²) in [5, 5.41) is 0. The van der Waals surface area contributed by atoms with Crippen LogP contribution in [-0.2, 0) is 4.79 Å². The molecule has 2 fully saturated rings. The fourth-order valence-electron chi connectivity index (χ4n) is 5.38. The maximum Gasteiger partial charge on any atom is 0.256 e. The summed E-state index contributed by atoms with van der Waals surface area (Å²) in [6, 6.07) is 24.3. The van der Waals surface area contributed by atoms with Crippen molar-refractivity contribution in [3.8, 4) is 0 Å². The van der Waals surface area contributed by atoms with Crippen LogP contribution in [0.25, 0.3) is 0 Å². The molecular formula is C29H30FN3O2. The maximum absolute atomic E-state index is 14.3. The molecule has 3 aromatic rings. The number of hydrogen-bond donors (Lipinski definition) is 0. The van der Waals surface area contributed by atoms with Gasteiger partial charge in [0.1, 0.15) is 5.82 Å². The number of carbonyl (C=O) groups is 2. The van der Waals surface area contributed by atoms with Crippen LogP contribution in [0.4, 0.5) is 10.1 Å². The van der Waals surface area contributed by atoms with Gasteiger partial charge in [0.25, 0.3) is 5.91 Å². The average molecular weight is 472 g/mol. The van der Waals surface area contributed by atoms with E-state index in [2.05, 4.69) is 24.0 Å². The number of halogens is 1. The van der Waals surface area contributed by atoms with Gasteiger partial charge in [-0.05, 0) is 36.2 Å². The molecule has 2 amide bonds. The molecule has 2 atom stereocenters. The summed E-state index contributed by atoms with van der Waals surface area (Å²) < 4.78 is 14.3. The first-order valence-electron chi connectivity index (χ1n) is 12.2. The first-order chi connectivity index (χ1) is 17.0. The molecule has 35 heavy (non-hydrogen) atoms. The van der Waals surface area contributed by atoms with Crippen LogP contribution in [-0.4, -0.2) is 60.9 Å². The third-order valence-corrected chi connectivity index (χ3v) is 7.30. The minimum atomic E-state index is -0.532. The van der Waals surface area contributed by atoms with Gasteiger partial charge in [-0.3, -0.25) is 9.59 Å². The fourth-order valence-corrected chi connectivity index (χ4v) is 5.38. The van der Waals surface area contributed by atoms with E-state index < -0.39 is 5.82 Å². The quantitative estimate of drug-likeness (QED) is 0.569. The molecule has 0 aliphatic carbocycles. The van der Waals surface area contributed by atoms with Crippen LogP contribution in [0.2, 0.25) is 0 Å². The van der Waals surface area contributed by atoms with E-state index in [4.69, 9.17) is 0 Å². The topological polar surface area (TPSA) is 43.9 Å². The van der Waals surface area contributed by atoms with Gasteiger partial charge in [0.05, 0.1) is 11.5 Å². The zero-order valence-corrected chi connectivity index (χ0v) is 19.9. The Balaban J connectivity index is 1.34. The largest absolute Gasteiger partial charge is 0.368 e. The van der Waals surface area contributed by atoms with E-state index in [1.165, 1.54) is 23.4 Å². The molecule has 2 unspecified atom stereocenters. The molecule has 6 heteroatoms. The van der Waals surface area contributed by atoms with Gasteiger partial charge in [0.2, 0.25) is 5.91 Å². The molecule has 3 aromatic carbocycles. The van der Waals surface area contributed by atoms with Crippen molar-refractivity contribution in [1.82, 2.24) is 9.80 Å². The number of nitrogens with zero attached hydrogens (tertiary/aromatic N) is 3. The number of hydrogen-bond acceptors (Lipinski definition) is 3. The molecule has 0 spiro atoms. The number of rotatable bonds is 4. The Morgan fingerprint density at radius 2 is 1.43 bits per heavy atom. The number of carbonyl (C=O) groups excluding carboxylic acids is 2. The highest BCUT2D eigenvalue weighted by Gasteiger charge is 2.43. The molecular weight excluding hydrogens is 441 g/mol. The first kappa shape index (κ1) is 23.1. The van der Waals surface area contributed by atoms with Gasteiger partial charge in [-0.2, -0.15) is 0 Å². The second-order valence-electron chi connectivity index (χ2n) is 9.41. The monoisotopic (exact) mass is 471 g/mol. The number of anilines is 1. The third-order valence-electron chi connectivity index (χ3n) is 7.30. The van der Waals surface area contributed by atoms with Gasteiger partial charge >= 0.3 is 0 Å². The number of amides is 2. The lowest BCUT2D eigenvalue weighted by atomic mass is 9.88. The van der Waals surface area contributed by atoms with Crippen LogP contribution in [0.1, 0.15) is 27.4 Å². The van der Waals surface area contributed by atoms with E-state index in [9.17, 15) is 14.0 Å². The van der Waals surface area contributed by atoms with Crippen molar-refractivity contribution in [2.24, 2.45) is 5.92 Å². The predicted molar refractivity (Wildman–Crippen MR) is 135 cm³/mol. The van der Waals surface area contributed by atoms with E-state index in [1.807, 2.05) is 47.4 Å². The molecule has 0 aromatic heterocycles. The number of aryl methyl sites for hydroxylation is 1. The molecule has 0 N–H and O–H groups in total. The molecule has 2 aliphatic rings. The van der Waals surface area contributed by atoms with E-state index in [0.29, 0.717) is 26.2 Å². The number of para-hydroxylation sites is 1. The van der Waals surface area contributed by atoms with Gasteiger partial charge < -0.3 is 14.7 Å². The Morgan fingerprint density at radius 1 is 0.771 bits per heavy atom. The summed E-state index contributed by atoms with van der Waals surface area (Å²) in [5.41, 5.74) is 3.53. The highest BCUT2D eigenvalue weighted by atomic mass is 19.1. The lowest BCUT2D eigenvalue weighted by molar-refractivity contribution is -0.135. The highest BCUT2D eigenvalue weighted by Crippen LogP contribution is 2.35. The summed E-state index contributed by atoms with van der Waals surface area (Å²) in [7, 11) is 0. The van der Waals surface area contributed by atoms with E-state index in [1.54, 1.807) is 17.0 Å². The van der Waals surface area contributed by atoms with Crippen molar-refractivity contribution >= 4 is 17.5 Å². The normalized spacial score (nSPS) is 20.2. The van der Waals surface area contributed by atoms with E-state index in [-0.39, 0.29) is 29.2 Å². The molecule has 0 saturated carbocycles. The summed E-state index contributed by atoms with van der Waals surface area (Å²) >= 11 is 0. The molecule has 2 saturated heterocycles. The first-order valence-corrected chi connectivity index (χ1v) is 12.2. The predicted octanol–water partition coefficient (Wildman–Crippen LogP) is 4.34. The van der Waals surface area contributed by atoms with Crippen LogP contribution >= 0.6 is 0 Å². The van der Waals surface area contributed by atoms with E-state index in [0.717, 1.165) is 18.7 Å². The van der Waals surface area contributed by atoms with Gasteiger partial charge in [-0.15, -0.1) is 0 Å². The standard InChI is InChI=1S/C29H30FN3O2/c1-21-9-5-8-14-27(21)31-15-17-32(18-16-31)29(35)25-20-33(19-24(25)22-10-3-2-4-11-22)28(34)23-12-6-7-13-26(23)30/h2-14,24-25H,15-20H2,1H3. The Bertz CT molecular complexity index is 1210. The van der Waals surface area contributed by atoms with Crippen LogP contribution < -0.4 is 4.90 Å². The van der Waals surface area contributed by atoms with Crippen molar-refractivity contribution in [3.05, 3.63) is 101 Å². The van der Waals surface area contributed by atoms with Crippen molar-refractivity contribution < 1.29 is 14.0 Å². The summed E-state index contributed by atoms with van der Waals surface area (Å²) in [6.07, 6.45) is 0. The minimum Gasteiger partial charge on any atom is -0.368 e. The van der Waals surface area contributed by atoms with Crippen LogP contribution in [0.5, 0.6) is 0 Å². The Labute approximate surface area is 205 Å². The average Bonchev–Trinajstić information content (AvgIpc) is 3.35. The van der Waals surface area contributed by atoms with Gasteiger partial charge in [0.15, 0.2) is 0 Å². The van der Waals surface area contributed by atoms with Crippen molar-refractivity contribution in [2.45, 2.75) is 12.8 Å². The van der Waals surface area contributed by atoms with Crippen molar-refractivity contribution in [3.63, 3.8) is 0 Å². The zero-order chi connectivity index (χ0) is 24.4. The molecule has 5 nitrogen and oxygen atoms in total. The molecule has 2 aliphatic heterocycles. The van der Waals surface area contributed by atoms with Gasteiger partial charge in [0, 0.05) is 50.9 Å². The zero-order valence-electron chi connectivity index (χ0n) is 19.9. The molecule has 180 valence electrons. The second-order valence-corrected chi connectivity index (χ2v) is 9.41. The van der Waals surface area contributed by atoms with Crippen LogP contribution in [0, 0.1) is 18.7 Å². The second kappa shape index (κ2) is 9.90. The minimum absolute atomic E-state index is 0.0549. The van der Waals surface area contributed by atoms with Crippen LogP contribution in [0.15, 0.2) is 78.9 Å². The van der Waals surface area contributed by atoms with Gasteiger partial charge in [-0.25, -0.2) is 4.39 Å². The SMILES string of the molecule is Cc1ccccc1N1CCN(C(=O)C2CN(C(=O)c3ccccc3F)CC2c2ccccc2)CC1. The number of likely N-dealkylation sites (tertiary alicyclic amines) is 1. The summed E-state index contributed by atoms with van der Waals surface area (Å²) in [5.74, 6) is -1.28. The third kappa shape index (κ3) is 4.65. The summed E-state index contributed by atoms with van der Waals surface area (Å²) in [6.45, 7) is 5.64. The number of benzene rings is 3.